The summed E-state index contributed by atoms with van der Waals surface area (Å²) in [6, 6.07) is 15.2. The number of rotatable bonds is 10. The van der Waals surface area contributed by atoms with Crippen LogP contribution in [-0.2, 0) is 14.3 Å². The molecule has 2 aromatic rings. The number of nitrogens with one attached hydrogen (secondary N) is 2. The molecule has 3 aliphatic rings. The number of amides is 2. The standard InChI is InChI=1S/C32H39N5O4S/c1-21(2)23-5-7-24(8-6-23)30-29(31(39)35-25-9-11-27(40-4)12-10-25)22(3)34-32-37(30)26(20-42-32)19-28(38)33-13-14-36-15-17-41-18-16-36/h5-12,20-21,30H,13-19H2,1-4H3,(H,33,38)(H,35,39). The molecule has 10 heteroatoms. The molecule has 222 valence electrons. The number of nitrogens with zero attached hydrogens (tertiary/aromatic N) is 3. The second-order valence-corrected chi connectivity index (χ2v) is 11.7. The highest BCUT2D eigenvalue weighted by Crippen LogP contribution is 2.45. The van der Waals surface area contributed by atoms with Gasteiger partial charge in [0.2, 0.25) is 5.91 Å². The molecular formula is C32H39N5O4S. The Balaban J connectivity index is 1.38. The van der Waals surface area contributed by atoms with Crippen molar-refractivity contribution in [2.24, 2.45) is 4.99 Å². The number of aliphatic imine (C=N–C) groups is 1. The fraction of sp³-hybridized carbons (Fsp3) is 0.406. The number of benzene rings is 2. The minimum Gasteiger partial charge on any atom is -0.497 e. The summed E-state index contributed by atoms with van der Waals surface area (Å²) in [5.41, 5.74) is 4.88. The van der Waals surface area contributed by atoms with Gasteiger partial charge >= 0.3 is 0 Å². The lowest BCUT2D eigenvalue weighted by Crippen LogP contribution is -2.42. The predicted octanol–water partition coefficient (Wildman–Crippen LogP) is 4.87. The van der Waals surface area contributed by atoms with Crippen LogP contribution in [0, 0.1) is 0 Å². The molecule has 1 atom stereocenters. The highest BCUT2D eigenvalue weighted by Gasteiger charge is 2.40. The molecule has 0 saturated carbocycles. The van der Waals surface area contributed by atoms with Crippen LogP contribution in [0.2, 0.25) is 0 Å². The predicted molar refractivity (Wildman–Crippen MR) is 167 cm³/mol. The zero-order valence-electron chi connectivity index (χ0n) is 24.7. The molecule has 5 rings (SSSR count). The maximum Gasteiger partial charge on any atom is 0.255 e. The number of fused-ring (bicyclic) bond motifs is 1. The Kier molecular flexibility index (Phi) is 9.66. The first kappa shape index (κ1) is 29.9. The van der Waals surface area contributed by atoms with Gasteiger partial charge in [0.05, 0.1) is 44.1 Å². The number of thioether (sulfide) groups is 1. The van der Waals surface area contributed by atoms with Crippen molar-refractivity contribution >= 4 is 34.4 Å². The summed E-state index contributed by atoms with van der Waals surface area (Å²) in [6.07, 6.45) is 0.197. The minimum absolute atomic E-state index is 0.0548. The van der Waals surface area contributed by atoms with E-state index < -0.39 is 6.04 Å². The number of morpholine rings is 1. The molecule has 3 heterocycles. The lowest BCUT2D eigenvalue weighted by atomic mass is 9.91. The molecule has 1 fully saturated rings. The fourth-order valence-corrected chi connectivity index (χ4v) is 6.28. The first-order valence-corrected chi connectivity index (χ1v) is 15.3. The molecule has 0 aromatic heterocycles. The van der Waals surface area contributed by atoms with E-state index in [-0.39, 0.29) is 18.2 Å². The highest BCUT2D eigenvalue weighted by molar-refractivity contribution is 8.16. The van der Waals surface area contributed by atoms with Crippen LogP contribution in [0.5, 0.6) is 5.75 Å². The van der Waals surface area contributed by atoms with E-state index in [9.17, 15) is 9.59 Å². The van der Waals surface area contributed by atoms with Crippen molar-refractivity contribution in [3.63, 3.8) is 0 Å². The zero-order valence-corrected chi connectivity index (χ0v) is 25.5. The molecule has 0 spiro atoms. The minimum atomic E-state index is -0.431. The summed E-state index contributed by atoms with van der Waals surface area (Å²) in [4.78, 5) is 36.1. The van der Waals surface area contributed by atoms with Crippen molar-refractivity contribution < 1.29 is 19.1 Å². The first-order chi connectivity index (χ1) is 20.3. The van der Waals surface area contributed by atoms with E-state index >= 15 is 0 Å². The Morgan fingerprint density at radius 3 is 2.48 bits per heavy atom. The molecule has 0 bridgehead atoms. The van der Waals surface area contributed by atoms with Gasteiger partial charge in [-0.2, -0.15) is 0 Å². The SMILES string of the molecule is COc1ccc(NC(=O)C2=C(C)N=C3SC=C(CC(=O)NCCN4CCOCC4)N3C2c2ccc(C(C)C)cc2)cc1. The van der Waals surface area contributed by atoms with Crippen LogP contribution in [0.1, 0.15) is 50.3 Å². The van der Waals surface area contributed by atoms with E-state index in [0.29, 0.717) is 35.2 Å². The Labute approximate surface area is 252 Å². The summed E-state index contributed by atoms with van der Waals surface area (Å²) >= 11 is 1.49. The smallest absolute Gasteiger partial charge is 0.255 e. The number of hydrogen-bond acceptors (Lipinski definition) is 8. The second kappa shape index (κ2) is 13.6. The molecule has 1 unspecified atom stereocenters. The first-order valence-electron chi connectivity index (χ1n) is 14.4. The third-order valence-corrected chi connectivity index (χ3v) is 8.60. The third kappa shape index (κ3) is 6.88. The maximum absolute atomic E-state index is 13.9. The molecule has 1 saturated heterocycles. The topological polar surface area (TPSA) is 95.5 Å². The van der Waals surface area contributed by atoms with Crippen molar-refractivity contribution in [1.82, 2.24) is 15.1 Å². The molecule has 2 amide bonds. The number of carbonyl (C=O) groups excluding carboxylic acids is 2. The molecule has 2 N–H and O–H groups in total. The summed E-state index contributed by atoms with van der Waals surface area (Å²) < 4.78 is 10.7. The number of hydrogen-bond donors (Lipinski definition) is 2. The third-order valence-electron chi connectivity index (χ3n) is 7.71. The maximum atomic E-state index is 13.9. The van der Waals surface area contributed by atoms with Gasteiger partial charge in [-0.3, -0.25) is 14.5 Å². The van der Waals surface area contributed by atoms with E-state index in [4.69, 9.17) is 14.5 Å². The molecule has 9 nitrogen and oxygen atoms in total. The summed E-state index contributed by atoms with van der Waals surface area (Å²) in [5, 5.41) is 8.87. The van der Waals surface area contributed by atoms with Crippen molar-refractivity contribution in [2.75, 3.05) is 51.8 Å². The number of allylic oxidation sites excluding steroid dienone is 1. The van der Waals surface area contributed by atoms with Crippen molar-refractivity contribution in [1.29, 1.82) is 0 Å². The average Bonchev–Trinajstić information content (AvgIpc) is 3.38. The molecule has 0 radical (unpaired) electrons. The van der Waals surface area contributed by atoms with Gasteiger partial charge in [-0.15, -0.1) is 0 Å². The van der Waals surface area contributed by atoms with Crippen LogP contribution in [0.4, 0.5) is 5.69 Å². The number of amidine groups is 1. The summed E-state index contributed by atoms with van der Waals surface area (Å²) in [7, 11) is 1.61. The zero-order chi connectivity index (χ0) is 29.6. The van der Waals surface area contributed by atoms with Gasteiger partial charge in [0.1, 0.15) is 5.75 Å². The summed E-state index contributed by atoms with van der Waals surface area (Å²) in [5.74, 6) is 0.813. The number of carbonyl (C=O) groups is 2. The lowest BCUT2D eigenvalue weighted by molar-refractivity contribution is -0.120. The van der Waals surface area contributed by atoms with Crippen LogP contribution in [0.25, 0.3) is 0 Å². The van der Waals surface area contributed by atoms with Crippen molar-refractivity contribution in [3.8, 4) is 5.75 Å². The van der Waals surface area contributed by atoms with Crippen LogP contribution in [-0.4, -0.2) is 73.3 Å². The second-order valence-electron chi connectivity index (χ2n) is 10.9. The number of ether oxygens (including phenoxy) is 2. The van der Waals surface area contributed by atoms with Crippen molar-refractivity contribution in [3.05, 3.63) is 82.0 Å². The van der Waals surface area contributed by atoms with E-state index in [2.05, 4.69) is 53.6 Å². The average molecular weight is 590 g/mol. The molecule has 0 aliphatic carbocycles. The van der Waals surface area contributed by atoms with E-state index in [1.165, 1.54) is 17.3 Å². The summed E-state index contributed by atoms with van der Waals surface area (Å²) in [6.45, 7) is 10.8. The van der Waals surface area contributed by atoms with Gasteiger partial charge in [0.15, 0.2) is 5.17 Å². The molecule has 2 aromatic carbocycles. The Hall–Kier alpha value is -3.60. The highest BCUT2D eigenvalue weighted by atomic mass is 32.2. The van der Waals surface area contributed by atoms with E-state index in [0.717, 1.165) is 49.3 Å². The van der Waals surface area contributed by atoms with Gasteiger partial charge in [0, 0.05) is 37.6 Å². The quantitative estimate of drug-likeness (QED) is 0.408. The Morgan fingerprint density at radius 1 is 1.10 bits per heavy atom. The number of anilines is 1. The van der Waals surface area contributed by atoms with Gasteiger partial charge in [-0.1, -0.05) is 49.9 Å². The van der Waals surface area contributed by atoms with E-state index in [1.807, 2.05) is 41.5 Å². The Morgan fingerprint density at radius 2 is 1.81 bits per heavy atom. The lowest BCUT2D eigenvalue weighted by Gasteiger charge is -2.36. The van der Waals surface area contributed by atoms with Crippen LogP contribution < -0.4 is 15.4 Å². The molecular weight excluding hydrogens is 550 g/mol. The fourth-order valence-electron chi connectivity index (χ4n) is 5.32. The van der Waals surface area contributed by atoms with Crippen LogP contribution in [0.3, 0.4) is 0 Å². The van der Waals surface area contributed by atoms with Crippen LogP contribution in [0.15, 0.2) is 75.9 Å². The Bertz CT molecular complexity index is 1380. The largest absolute Gasteiger partial charge is 0.497 e. The number of methoxy groups -OCH3 is 1. The van der Waals surface area contributed by atoms with Crippen molar-refractivity contribution in [2.45, 2.75) is 39.2 Å². The normalized spacial score (nSPS) is 18.9. The van der Waals surface area contributed by atoms with Gasteiger partial charge in [-0.05, 0) is 53.6 Å². The van der Waals surface area contributed by atoms with Gasteiger partial charge < -0.3 is 25.0 Å². The monoisotopic (exact) mass is 589 g/mol. The van der Waals surface area contributed by atoms with Crippen LogP contribution >= 0.6 is 11.8 Å². The van der Waals surface area contributed by atoms with Gasteiger partial charge in [0.25, 0.3) is 5.91 Å². The van der Waals surface area contributed by atoms with E-state index in [1.54, 1.807) is 7.11 Å². The molecule has 42 heavy (non-hydrogen) atoms. The molecule has 3 aliphatic heterocycles. The van der Waals surface area contributed by atoms with Gasteiger partial charge in [-0.25, -0.2) is 4.99 Å².